The second-order valence-electron chi connectivity index (χ2n) is 3.82. The number of hydrogen-bond donors (Lipinski definition) is 2. The van der Waals surface area contributed by atoms with E-state index in [2.05, 4.69) is 9.97 Å². The topological polar surface area (TPSA) is 89.1 Å². The SMILES string of the molecule is Cc1nc(SC(CCN)C(=O)O)nc(C)c1C. The van der Waals surface area contributed by atoms with E-state index in [-0.39, 0.29) is 0 Å². The lowest BCUT2D eigenvalue weighted by Crippen LogP contribution is -2.20. The van der Waals surface area contributed by atoms with Crippen molar-refractivity contribution in [3.8, 4) is 0 Å². The van der Waals surface area contributed by atoms with Gasteiger partial charge >= 0.3 is 5.97 Å². The molecule has 1 unspecified atom stereocenters. The zero-order chi connectivity index (χ0) is 13.0. The summed E-state index contributed by atoms with van der Waals surface area (Å²) in [6.07, 6.45) is 0.412. The molecule has 17 heavy (non-hydrogen) atoms. The van der Waals surface area contributed by atoms with Crippen LogP contribution in [0.3, 0.4) is 0 Å². The summed E-state index contributed by atoms with van der Waals surface area (Å²) in [5.41, 5.74) is 8.20. The van der Waals surface area contributed by atoms with E-state index < -0.39 is 11.2 Å². The van der Waals surface area contributed by atoms with Gasteiger partial charge in [0.25, 0.3) is 0 Å². The van der Waals surface area contributed by atoms with Crippen molar-refractivity contribution in [1.82, 2.24) is 9.97 Å². The summed E-state index contributed by atoms with van der Waals surface area (Å²) in [6.45, 7) is 6.08. The molecule has 0 bridgehead atoms. The van der Waals surface area contributed by atoms with Crippen LogP contribution in [0.5, 0.6) is 0 Å². The Morgan fingerprint density at radius 2 is 1.88 bits per heavy atom. The van der Waals surface area contributed by atoms with Crippen LogP contribution in [0.4, 0.5) is 0 Å². The molecule has 5 nitrogen and oxygen atoms in total. The number of thioether (sulfide) groups is 1. The van der Waals surface area contributed by atoms with Gasteiger partial charge in [-0.05, 0) is 39.3 Å². The van der Waals surface area contributed by atoms with Gasteiger partial charge in [0.1, 0.15) is 5.25 Å². The Morgan fingerprint density at radius 3 is 2.29 bits per heavy atom. The maximum atomic E-state index is 11.0. The molecule has 0 aliphatic heterocycles. The molecule has 0 saturated heterocycles. The number of carboxylic acids is 1. The van der Waals surface area contributed by atoms with Crippen molar-refractivity contribution >= 4 is 17.7 Å². The lowest BCUT2D eigenvalue weighted by atomic mass is 10.2. The number of aromatic nitrogens is 2. The molecule has 3 N–H and O–H groups in total. The lowest BCUT2D eigenvalue weighted by Gasteiger charge is -2.11. The Morgan fingerprint density at radius 1 is 1.35 bits per heavy atom. The molecule has 1 aromatic rings. The van der Waals surface area contributed by atoms with Crippen LogP contribution >= 0.6 is 11.8 Å². The molecule has 1 rings (SSSR count). The molecule has 0 fully saturated rings. The summed E-state index contributed by atoms with van der Waals surface area (Å²) < 4.78 is 0. The van der Waals surface area contributed by atoms with Crippen LogP contribution in [0.15, 0.2) is 5.16 Å². The van der Waals surface area contributed by atoms with Crippen LogP contribution in [0.1, 0.15) is 23.4 Å². The minimum absolute atomic E-state index is 0.341. The maximum Gasteiger partial charge on any atom is 0.317 e. The zero-order valence-corrected chi connectivity index (χ0v) is 11.0. The van der Waals surface area contributed by atoms with E-state index in [1.807, 2.05) is 20.8 Å². The highest BCUT2D eigenvalue weighted by Gasteiger charge is 2.20. The van der Waals surface area contributed by atoms with Crippen LogP contribution in [0, 0.1) is 20.8 Å². The number of aryl methyl sites for hydroxylation is 2. The molecule has 0 spiro atoms. The average Bonchev–Trinajstić information content (AvgIpc) is 2.25. The summed E-state index contributed by atoms with van der Waals surface area (Å²) in [7, 11) is 0. The fraction of sp³-hybridized carbons (Fsp3) is 0.545. The molecular formula is C11H17N3O2S. The first-order valence-electron chi connectivity index (χ1n) is 5.37. The predicted octanol–water partition coefficient (Wildman–Crippen LogP) is 1.30. The summed E-state index contributed by atoms with van der Waals surface area (Å²) >= 11 is 1.16. The Labute approximate surface area is 105 Å². The van der Waals surface area contributed by atoms with E-state index in [4.69, 9.17) is 10.8 Å². The number of hydrogen-bond acceptors (Lipinski definition) is 5. The van der Waals surface area contributed by atoms with Gasteiger partial charge in [0.2, 0.25) is 0 Å². The van der Waals surface area contributed by atoms with Crippen molar-refractivity contribution in [1.29, 1.82) is 0 Å². The van der Waals surface area contributed by atoms with Gasteiger partial charge in [-0.2, -0.15) is 0 Å². The first-order valence-corrected chi connectivity index (χ1v) is 6.25. The summed E-state index contributed by atoms with van der Waals surface area (Å²) in [6, 6.07) is 0. The molecule has 0 saturated carbocycles. The number of aliphatic carboxylic acids is 1. The first-order chi connectivity index (χ1) is 7.95. The highest BCUT2D eigenvalue weighted by Crippen LogP contribution is 2.23. The number of rotatable bonds is 5. The fourth-order valence-corrected chi connectivity index (χ4v) is 2.29. The van der Waals surface area contributed by atoms with Gasteiger partial charge in [0.15, 0.2) is 5.16 Å². The van der Waals surface area contributed by atoms with Crippen LogP contribution < -0.4 is 5.73 Å². The van der Waals surface area contributed by atoms with Crippen molar-refractivity contribution in [3.05, 3.63) is 17.0 Å². The van der Waals surface area contributed by atoms with E-state index in [0.29, 0.717) is 18.1 Å². The third-order valence-corrected chi connectivity index (χ3v) is 3.68. The van der Waals surface area contributed by atoms with Gasteiger partial charge in [-0.1, -0.05) is 11.8 Å². The monoisotopic (exact) mass is 255 g/mol. The van der Waals surface area contributed by atoms with E-state index in [1.165, 1.54) is 0 Å². The standard InChI is InChI=1S/C11H17N3O2S/c1-6-7(2)13-11(14-8(6)3)17-9(4-5-12)10(15)16/h9H,4-5,12H2,1-3H3,(H,15,16). The molecule has 1 atom stereocenters. The van der Waals surface area contributed by atoms with Gasteiger partial charge in [-0.25, -0.2) is 9.97 Å². The molecule has 0 radical (unpaired) electrons. The third kappa shape index (κ3) is 3.67. The number of carbonyl (C=O) groups is 1. The molecular weight excluding hydrogens is 238 g/mol. The maximum absolute atomic E-state index is 11.0. The summed E-state index contributed by atoms with van der Waals surface area (Å²) in [5, 5.41) is 8.95. The zero-order valence-electron chi connectivity index (χ0n) is 10.2. The Kier molecular flexibility index (Phi) is 4.89. The molecule has 0 amide bonds. The lowest BCUT2D eigenvalue weighted by molar-refractivity contribution is -0.136. The number of carboxylic acid groups (broad SMARTS) is 1. The van der Waals surface area contributed by atoms with Crippen molar-refractivity contribution in [2.24, 2.45) is 5.73 Å². The summed E-state index contributed by atoms with van der Waals surface area (Å²) in [4.78, 5) is 19.6. The third-order valence-electron chi connectivity index (χ3n) is 2.56. The minimum Gasteiger partial charge on any atom is -0.480 e. The van der Waals surface area contributed by atoms with Crippen molar-refractivity contribution < 1.29 is 9.90 Å². The van der Waals surface area contributed by atoms with Crippen LogP contribution in [-0.2, 0) is 4.79 Å². The Balaban J connectivity index is 2.90. The van der Waals surface area contributed by atoms with E-state index >= 15 is 0 Å². The van der Waals surface area contributed by atoms with Crippen LogP contribution in [0.25, 0.3) is 0 Å². The van der Waals surface area contributed by atoms with Gasteiger partial charge in [0.05, 0.1) is 0 Å². The molecule has 0 aromatic carbocycles. The van der Waals surface area contributed by atoms with Gasteiger partial charge in [-0.15, -0.1) is 0 Å². The normalized spacial score (nSPS) is 12.5. The molecule has 94 valence electrons. The Hall–Kier alpha value is -1.14. The molecule has 0 aliphatic rings. The van der Waals surface area contributed by atoms with E-state index in [1.54, 1.807) is 0 Å². The molecule has 1 aromatic heterocycles. The number of nitrogens with zero attached hydrogens (tertiary/aromatic N) is 2. The van der Waals surface area contributed by atoms with Crippen molar-refractivity contribution in [2.75, 3.05) is 6.54 Å². The van der Waals surface area contributed by atoms with E-state index in [9.17, 15) is 4.79 Å². The van der Waals surface area contributed by atoms with Gasteiger partial charge < -0.3 is 10.8 Å². The average molecular weight is 255 g/mol. The largest absolute Gasteiger partial charge is 0.480 e. The van der Waals surface area contributed by atoms with E-state index in [0.717, 1.165) is 28.7 Å². The van der Waals surface area contributed by atoms with Gasteiger partial charge in [-0.3, -0.25) is 4.79 Å². The molecule has 0 aliphatic carbocycles. The molecule has 1 heterocycles. The first kappa shape index (κ1) is 13.9. The highest BCUT2D eigenvalue weighted by molar-refractivity contribution is 8.00. The quantitative estimate of drug-likeness (QED) is 0.609. The second-order valence-corrected chi connectivity index (χ2v) is 4.99. The fourth-order valence-electron chi connectivity index (χ4n) is 1.31. The van der Waals surface area contributed by atoms with Crippen molar-refractivity contribution in [3.63, 3.8) is 0 Å². The van der Waals surface area contributed by atoms with Crippen molar-refractivity contribution in [2.45, 2.75) is 37.6 Å². The number of nitrogens with two attached hydrogens (primary N) is 1. The second kappa shape index (κ2) is 5.97. The minimum atomic E-state index is -0.875. The van der Waals surface area contributed by atoms with Gasteiger partial charge in [0, 0.05) is 11.4 Å². The predicted molar refractivity (Wildman–Crippen MR) is 67.2 cm³/mol. The smallest absolute Gasteiger partial charge is 0.317 e. The Bertz CT molecular complexity index is 400. The van der Waals surface area contributed by atoms with Crippen LogP contribution in [0.2, 0.25) is 0 Å². The molecule has 6 heteroatoms. The highest BCUT2D eigenvalue weighted by atomic mass is 32.2. The van der Waals surface area contributed by atoms with Crippen LogP contribution in [-0.4, -0.2) is 32.8 Å². The summed E-state index contributed by atoms with van der Waals surface area (Å²) in [5.74, 6) is -0.875.